The van der Waals surface area contributed by atoms with E-state index in [1.165, 1.54) is 19.2 Å². The first-order chi connectivity index (χ1) is 9.35. The van der Waals surface area contributed by atoms with Gasteiger partial charge in [-0.1, -0.05) is 0 Å². The number of hydrogen-bond donors (Lipinski definition) is 2. The molecule has 20 heavy (non-hydrogen) atoms. The molecule has 1 atom stereocenters. The highest BCUT2D eigenvalue weighted by Gasteiger charge is 2.20. The van der Waals surface area contributed by atoms with E-state index in [1.54, 1.807) is 0 Å². The Hall–Kier alpha value is -1.82. The Morgan fingerprint density at radius 3 is 2.60 bits per heavy atom. The van der Waals surface area contributed by atoms with Gasteiger partial charge in [0.1, 0.15) is 5.82 Å². The highest BCUT2D eigenvalue weighted by atomic mass is 19.1. The van der Waals surface area contributed by atoms with E-state index in [-0.39, 0.29) is 24.7 Å². The normalized spacial score (nSPS) is 12.3. The molecule has 0 aliphatic heterocycles. The van der Waals surface area contributed by atoms with E-state index in [4.69, 9.17) is 20.3 Å². The van der Waals surface area contributed by atoms with Crippen molar-refractivity contribution in [1.82, 2.24) is 0 Å². The second kappa shape index (κ2) is 7.09. The maximum absolute atomic E-state index is 13.6. The highest BCUT2D eigenvalue weighted by Crippen LogP contribution is 2.37. The van der Waals surface area contributed by atoms with Crippen LogP contribution in [0.4, 0.5) is 4.39 Å². The lowest BCUT2D eigenvalue weighted by Gasteiger charge is -2.21. The van der Waals surface area contributed by atoms with Gasteiger partial charge in [0.2, 0.25) is 0 Å². The molecular weight excluding hydrogens is 265 g/mol. The number of rotatable bonds is 7. The van der Waals surface area contributed by atoms with Gasteiger partial charge in [0.05, 0.1) is 13.2 Å². The molecule has 0 bridgehead atoms. The minimum atomic E-state index is -0.949. The zero-order valence-corrected chi connectivity index (χ0v) is 11.9. The first-order valence-electron chi connectivity index (χ1n) is 6.36. The predicted octanol–water partition coefficient (Wildman–Crippen LogP) is 2.49. The molecule has 0 fully saturated rings. The SMILES string of the molecule is COc1cc(F)cc(C(N)CCC(=O)O)c1OC(C)C. The summed E-state index contributed by atoms with van der Waals surface area (Å²) in [5.74, 6) is -0.838. The molecule has 0 radical (unpaired) electrons. The fourth-order valence-electron chi connectivity index (χ4n) is 1.81. The number of carboxylic acids is 1. The molecule has 0 aliphatic rings. The van der Waals surface area contributed by atoms with E-state index in [2.05, 4.69) is 0 Å². The number of nitrogens with two attached hydrogens (primary N) is 1. The number of carboxylic acid groups (broad SMARTS) is 1. The quantitative estimate of drug-likeness (QED) is 0.804. The zero-order chi connectivity index (χ0) is 15.3. The second-order valence-corrected chi connectivity index (χ2v) is 4.73. The maximum atomic E-state index is 13.6. The Morgan fingerprint density at radius 2 is 2.10 bits per heavy atom. The lowest BCUT2D eigenvalue weighted by Crippen LogP contribution is -2.16. The zero-order valence-electron chi connectivity index (χ0n) is 11.9. The lowest BCUT2D eigenvalue weighted by molar-refractivity contribution is -0.137. The fraction of sp³-hybridized carbons (Fsp3) is 0.500. The van der Waals surface area contributed by atoms with Crippen LogP contribution in [0.25, 0.3) is 0 Å². The van der Waals surface area contributed by atoms with Crippen molar-refractivity contribution >= 4 is 5.97 Å². The summed E-state index contributed by atoms with van der Waals surface area (Å²) in [7, 11) is 1.41. The Bertz CT molecular complexity index is 476. The Labute approximate surface area is 117 Å². The van der Waals surface area contributed by atoms with Crippen LogP contribution >= 0.6 is 0 Å². The number of benzene rings is 1. The minimum absolute atomic E-state index is 0.0961. The first kappa shape index (κ1) is 16.2. The van der Waals surface area contributed by atoms with Gasteiger partial charge in [-0.15, -0.1) is 0 Å². The molecule has 0 aromatic heterocycles. The van der Waals surface area contributed by atoms with Crippen LogP contribution in [0.1, 0.15) is 38.3 Å². The summed E-state index contributed by atoms with van der Waals surface area (Å²) in [5, 5.41) is 8.69. The summed E-state index contributed by atoms with van der Waals surface area (Å²) in [6.45, 7) is 3.66. The van der Waals surface area contributed by atoms with Gasteiger partial charge < -0.3 is 20.3 Å². The van der Waals surface area contributed by atoms with Crippen LogP contribution in [-0.2, 0) is 4.79 Å². The third-order valence-electron chi connectivity index (χ3n) is 2.69. The molecule has 1 aromatic rings. The van der Waals surface area contributed by atoms with Crippen LogP contribution in [0, 0.1) is 5.82 Å². The Balaban J connectivity index is 3.13. The molecule has 0 spiro atoms. The third kappa shape index (κ3) is 4.38. The Kier molecular flexibility index (Phi) is 5.76. The molecule has 0 heterocycles. The van der Waals surface area contributed by atoms with Crippen molar-refractivity contribution in [2.45, 2.75) is 38.8 Å². The molecule has 3 N–H and O–H groups in total. The van der Waals surface area contributed by atoms with E-state index in [1.807, 2.05) is 13.8 Å². The van der Waals surface area contributed by atoms with Crippen molar-refractivity contribution in [1.29, 1.82) is 0 Å². The molecule has 1 aromatic carbocycles. The standard InChI is InChI=1S/C14H20FNO4/c1-8(2)20-14-10(11(16)4-5-13(17)18)6-9(15)7-12(14)19-3/h6-8,11H,4-5,16H2,1-3H3,(H,17,18). The van der Waals surface area contributed by atoms with E-state index < -0.39 is 17.8 Å². The molecule has 112 valence electrons. The van der Waals surface area contributed by atoms with Crippen LogP contribution in [0.15, 0.2) is 12.1 Å². The molecule has 0 aliphatic carbocycles. The van der Waals surface area contributed by atoms with Crippen molar-refractivity contribution < 1.29 is 23.8 Å². The van der Waals surface area contributed by atoms with E-state index in [0.717, 1.165) is 0 Å². The van der Waals surface area contributed by atoms with Crippen LogP contribution < -0.4 is 15.2 Å². The molecule has 1 rings (SSSR count). The Morgan fingerprint density at radius 1 is 1.45 bits per heavy atom. The fourth-order valence-corrected chi connectivity index (χ4v) is 1.81. The minimum Gasteiger partial charge on any atom is -0.493 e. The van der Waals surface area contributed by atoms with Crippen molar-refractivity contribution in [3.05, 3.63) is 23.5 Å². The second-order valence-electron chi connectivity index (χ2n) is 4.73. The summed E-state index contributed by atoms with van der Waals surface area (Å²) in [6, 6.07) is 1.84. The summed E-state index contributed by atoms with van der Waals surface area (Å²) in [6.07, 6.45) is -0.0443. The van der Waals surface area contributed by atoms with Crippen LogP contribution in [-0.4, -0.2) is 24.3 Å². The predicted molar refractivity (Wildman–Crippen MR) is 72.5 cm³/mol. The molecule has 5 nitrogen and oxygen atoms in total. The van der Waals surface area contributed by atoms with Gasteiger partial charge in [-0.2, -0.15) is 0 Å². The molecular formula is C14H20FNO4. The molecule has 6 heteroatoms. The topological polar surface area (TPSA) is 81.8 Å². The van der Waals surface area contributed by atoms with Crippen molar-refractivity contribution in [2.24, 2.45) is 5.73 Å². The first-order valence-corrected chi connectivity index (χ1v) is 6.36. The summed E-state index contributed by atoms with van der Waals surface area (Å²) in [5.41, 5.74) is 6.36. The van der Waals surface area contributed by atoms with Crippen molar-refractivity contribution in [3.63, 3.8) is 0 Å². The number of ether oxygens (including phenoxy) is 2. The average Bonchev–Trinajstić information content (AvgIpc) is 2.36. The summed E-state index contributed by atoms with van der Waals surface area (Å²) in [4.78, 5) is 10.6. The smallest absolute Gasteiger partial charge is 0.303 e. The van der Waals surface area contributed by atoms with Gasteiger partial charge in [0.25, 0.3) is 0 Å². The van der Waals surface area contributed by atoms with Crippen molar-refractivity contribution in [3.8, 4) is 11.5 Å². The average molecular weight is 285 g/mol. The molecule has 0 saturated heterocycles. The van der Waals surface area contributed by atoms with Crippen molar-refractivity contribution in [2.75, 3.05) is 7.11 Å². The molecule has 1 unspecified atom stereocenters. The number of aliphatic carboxylic acids is 1. The lowest BCUT2D eigenvalue weighted by atomic mass is 10.0. The van der Waals surface area contributed by atoms with Gasteiger partial charge >= 0.3 is 5.97 Å². The maximum Gasteiger partial charge on any atom is 0.303 e. The summed E-state index contributed by atoms with van der Waals surface area (Å²) >= 11 is 0. The number of carbonyl (C=O) groups is 1. The van der Waals surface area contributed by atoms with Gasteiger partial charge in [0, 0.05) is 24.1 Å². The largest absolute Gasteiger partial charge is 0.493 e. The number of hydrogen-bond acceptors (Lipinski definition) is 4. The number of methoxy groups -OCH3 is 1. The molecule has 0 amide bonds. The van der Waals surface area contributed by atoms with Gasteiger partial charge in [0.15, 0.2) is 11.5 Å². The summed E-state index contributed by atoms with van der Waals surface area (Å²) < 4.78 is 24.3. The van der Waals surface area contributed by atoms with E-state index in [9.17, 15) is 9.18 Å². The van der Waals surface area contributed by atoms with E-state index in [0.29, 0.717) is 11.3 Å². The van der Waals surface area contributed by atoms with Gasteiger partial charge in [-0.3, -0.25) is 4.79 Å². The number of halogens is 1. The van der Waals surface area contributed by atoms with E-state index >= 15 is 0 Å². The van der Waals surface area contributed by atoms with Crippen LogP contribution in [0.5, 0.6) is 11.5 Å². The van der Waals surface area contributed by atoms with Gasteiger partial charge in [-0.05, 0) is 26.3 Å². The van der Waals surface area contributed by atoms with Gasteiger partial charge in [-0.25, -0.2) is 4.39 Å². The third-order valence-corrected chi connectivity index (χ3v) is 2.69. The highest BCUT2D eigenvalue weighted by molar-refractivity contribution is 5.66. The molecule has 0 saturated carbocycles. The van der Waals surface area contributed by atoms with Crippen LogP contribution in [0.3, 0.4) is 0 Å². The monoisotopic (exact) mass is 285 g/mol. The van der Waals surface area contributed by atoms with Crippen LogP contribution in [0.2, 0.25) is 0 Å².